The summed E-state index contributed by atoms with van der Waals surface area (Å²) >= 11 is 0. The van der Waals surface area contributed by atoms with Crippen LogP contribution in [0.2, 0.25) is 0 Å². The highest BCUT2D eigenvalue weighted by Crippen LogP contribution is 2.09. The Morgan fingerprint density at radius 3 is 1.61 bits per heavy atom. The molecule has 0 saturated carbocycles. The van der Waals surface area contributed by atoms with Crippen LogP contribution in [0.25, 0.3) is 0 Å². The van der Waals surface area contributed by atoms with Gasteiger partial charge in [0.15, 0.2) is 0 Å². The van der Waals surface area contributed by atoms with Crippen molar-refractivity contribution < 1.29 is 0 Å². The Hall–Kier alpha value is -3.48. The maximum atomic E-state index is 4.62. The number of allylic oxidation sites excluding steroid dienone is 2. The molecule has 0 N–H and O–H groups in total. The molecule has 168 valence electrons. The van der Waals surface area contributed by atoms with Gasteiger partial charge in [0.2, 0.25) is 0 Å². The van der Waals surface area contributed by atoms with Crippen molar-refractivity contribution in [2.45, 2.75) is 26.1 Å². The molecule has 0 bridgehead atoms. The van der Waals surface area contributed by atoms with E-state index in [9.17, 15) is 0 Å². The number of hydrogen-bond acceptors (Lipinski definition) is 6. The molecule has 0 atom stereocenters. The van der Waals surface area contributed by atoms with Gasteiger partial charge in [-0.3, -0.25) is 29.7 Å². The van der Waals surface area contributed by atoms with Crippen molar-refractivity contribution in [1.29, 1.82) is 0 Å². The van der Waals surface area contributed by atoms with Gasteiger partial charge >= 0.3 is 0 Å². The molecule has 0 saturated heterocycles. The quantitative estimate of drug-likeness (QED) is 0.447. The second-order valence-corrected chi connectivity index (χ2v) is 8.03. The van der Waals surface area contributed by atoms with Gasteiger partial charge in [0, 0.05) is 64.1 Å². The summed E-state index contributed by atoms with van der Waals surface area (Å²) < 4.78 is 0. The van der Waals surface area contributed by atoms with Crippen molar-refractivity contribution >= 4 is 5.71 Å². The van der Waals surface area contributed by atoms with Crippen molar-refractivity contribution in [3.05, 3.63) is 115 Å². The first-order valence-electron chi connectivity index (χ1n) is 11.4. The summed E-state index contributed by atoms with van der Waals surface area (Å²) in [6, 6.07) is 18.2. The van der Waals surface area contributed by atoms with Gasteiger partial charge in [0.1, 0.15) is 0 Å². The highest BCUT2D eigenvalue weighted by molar-refractivity contribution is 5.97. The molecule has 33 heavy (non-hydrogen) atoms. The average molecular weight is 439 g/mol. The molecule has 0 spiro atoms. The molecule has 4 rings (SSSR count). The minimum absolute atomic E-state index is 0.776. The topological polar surface area (TPSA) is 57.5 Å². The molecule has 0 aliphatic carbocycles. The minimum atomic E-state index is 0.776. The Morgan fingerprint density at radius 1 is 0.606 bits per heavy atom. The zero-order chi connectivity index (χ0) is 22.6. The van der Waals surface area contributed by atoms with E-state index in [1.54, 1.807) is 0 Å². The van der Waals surface area contributed by atoms with Gasteiger partial charge < -0.3 is 0 Å². The summed E-state index contributed by atoms with van der Waals surface area (Å²) in [4.78, 5) is 23.1. The summed E-state index contributed by atoms with van der Waals surface area (Å²) in [5.74, 6) is 0. The normalized spacial score (nSPS) is 13.3. The van der Waals surface area contributed by atoms with Crippen LogP contribution in [-0.2, 0) is 19.6 Å². The Labute approximate surface area is 196 Å². The second kappa shape index (κ2) is 12.5. The minimum Gasteiger partial charge on any atom is -0.290 e. The van der Waals surface area contributed by atoms with Gasteiger partial charge in [-0.25, -0.2) is 0 Å². The van der Waals surface area contributed by atoms with Gasteiger partial charge in [-0.05, 0) is 48.9 Å². The monoisotopic (exact) mass is 438 g/mol. The van der Waals surface area contributed by atoms with Gasteiger partial charge in [-0.1, -0.05) is 30.4 Å². The largest absolute Gasteiger partial charge is 0.290 e. The number of aliphatic imine (C=N–C) groups is 1. The molecular formula is C27H30N6. The van der Waals surface area contributed by atoms with Crippen LogP contribution in [-0.4, -0.2) is 50.1 Å². The van der Waals surface area contributed by atoms with E-state index in [1.807, 2.05) is 61.2 Å². The molecule has 0 aromatic carbocycles. The molecule has 6 heteroatoms. The molecule has 0 radical (unpaired) electrons. The van der Waals surface area contributed by atoms with E-state index < -0.39 is 0 Å². The number of rotatable bonds is 11. The lowest BCUT2D eigenvalue weighted by Crippen LogP contribution is -2.37. The van der Waals surface area contributed by atoms with Crippen molar-refractivity contribution in [3.8, 4) is 0 Å². The third-order valence-electron chi connectivity index (χ3n) is 5.38. The molecule has 0 fully saturated rings. The highest BCUT2D eigenvalue weighted by atomic mass is 15.2. The molecule has 1 aliphatic rings. The summed E-state index contributed by atoms with van der Waals surface area (Å²) in [5, 5.41) is 0. The van der Waals surface area contributed by atoms with Gasteiger partial charge in [-0.2, -0.15) is 0 Å². The second-order valence-electron chi connectivity index (χ2n) is 8.03. The Bertz CT molecular complexity index is 1010. The van der Waals surface area contributed by atoms with Crippen LogP contribution < -0.4 is 0 Å². The van der Waals surface area contributed by atoms with Gasteiger partial charge in [0.25, 0.3) is 0 Å². The number of nitrogens with zero attached hydrogens (tertiary/aromatic N) is 6. The summed E-state index contributed by atoms with van der Waals surface area (Å²) in [6.07, 6.45) is 14.8. The van der Waals surface area contributed by atoms with E-state index in [-0.39, 0.29) is 0 Å². The molecular weight excluding hydrogens is 408 g/mol. The highest BCUT2D eigenvalue weighted by Gasteiger charge is 2.14. The van der Waals surface area contributed by atoms with Crippen LogP contribution in [0.3, 0.4) is 0 Å². The van der Waals surface area contributed by atoms with Crippen LogP contribution in [0.4, 0.5) is 0 Å². The molecule has 3 aromatic heterocycles. The zero-order valence-corrected chi connectivity index (χ0v) is 18.9. The molecule has 4 heterocycles. The van der Waals surface area contributed by atoms with Crippen LogP contribution in [0.1, 0.15) is 23.5 Å². The van der Waals surface area contributed by atoms with Gasteiger partial charge in [0.05, 0.1) is 22.8 Å². The number of hydrogen-bond donors (Lipinski definition) is 0. The molecule has 6 nitrogen and oxygen atoms in total. The van der Waals surface area contributed by atoms with E-state index in [0.29, 0.717) is 0 Å². The van der Waals surface area contributed by atoms with E-state index in [2.05, 4.69) is 66.2 Å². The summed E-state index contributed by atoms with van der Waals surface area (Å²) in [6.45, 7) is 4.87. The fourth-order valence-corrected chi connectivity index (χ4v) is 3.73. The first kappa shape index (κ1) is 22.7. The third kappa shape index (κ3) is 7.86. The zero-order valence-electron chi connectivity index (χ0n) is 18.9. The summed E-state index contributed by atoms with van der Waals surface area (Å²) in [5.41, 5.74) is 4.25. The SMILES string of the molecule is C1=CN=C(CN(CCN(Cc2ccccn2)Cc2ccccn2)Cc2ccccn2)C=CC1. The lowest BCUT2D eigenvalue weighted by Gasteiger charge is -2.27. The van der Waals surface area contributed by atoms with E-state index >= 15 is 0 Å². The van der Waals surface area contributed by atoms with E-state index in [4.69, 9.17) is 0 Å². The van der Waals surface area contributed by atoms with Crippen LogP contribution in [0.15, 0.2) is 103 Å². The van der Waals surface area contributed by atoms with E-state index in [0.717, 1.165) is 68.5 Å². The van der Waals surface area contributed by atoms with Crippen LogP contribution >= 0.6 is 0 Å². The lowest BCUT2D eigenvalue weighted by molar-refractivity contribution is 0.197. The van der Waals surface area contributed by atoms with Crippen molar-refractivity contribution in [2.75, 3.05) is 19.6 Å². The van der Waals surface area contributed by atoms with Crippen LogP contribution in [0, 0.1) is 0 Å². The fourth-order valence-electron chi connectivity index (χ4n) is 3.73. The maximum absolute atomic E-state index is 4.62. The predicted molar refractivity (Wildman–Crippen MR) is 132 cm³/mol. The average Bonchev–Trinajstić information content (AvgIpc) is 3.13. The number of pyridine rings is 3. The van der Waals surface area contributed by atoms with Crippen molar-refractivity contribution in [3.63, 3.8) is 0 Å². The van der Waals surface area contributed by atoms with Crippen molar-refractivity contribution in [2.24, 2.45) is 4.99 Å². The van der Waals surface area contributed by atoms with Gasteiger partial charge in [-0.15, -0.1) is 0 Å². The van der Waals surface area contributed by atoms with E-state index in [1.165, 1.54) is 0 Å². The van der Waals surface area contributed by atoms with Crippen molar-refractivity contribution in [1.82, 2.24) is 24.8 Å². The fraction of sp³-hybridized carbons (Fsp3) is 0.259. The first-order valence-corrected chi connectivity index (χ1v) is 11.4. The predicted octanol–water partition coefficient (Wildman–Crippen LogP) is 4.29. The Kier molecular flexibility index (Phi) is 8.62. The Balaban J connectivity index is 1.47. The molecule has 0 amide bonds. The summed E-state index contributed by atoms with van der Waals surface area (Å²) in [7, 11) is 0. The Morgan fingerprint density at radius 2 is 1.12 bits per heavy atom. The standard InChI is InChI=1S/C27H30N6/c1-2-10-24(28-14-6-1)20-32(21-25-11-3-7-15-29-25)18-19-33(22-26-12-4-8-16-30-26)23-27-13-5-9-17-31-27/h2-17H,1,18-23H2. The van der Waals surface area contributed by atoms with Crippen LogP contribution in [0.5, 0.6) is 0 Å². The smallest absolute Gasteiger partial charge is 0.0544 e. The number of aromatic nitrogens is 3. The lowest BCUT2D eigenvalue weighted by atomic mass is 10.2. The first-order chi connectivity index (χ1) is 16.3. The third-order valence-corrected chi connectivity index (χ3v) is 5.38. The maximum Gasteiger partial charge on any atom is 0.0544 e. The molecule has 1 aliphatic heterocycles. The molecule has 3 aromatic rings. The molecule has 0 unspecified atom stereocenters.